The molecule has 0 saturated carbocycles. The van der Waals surface area contributed by atoms with E-state index in [2.05, 4.69) is 28.2 Å². The number of aromatic hydroxyl groups is 1. The van der Waals surface area contributed by atoms with Crippen molar-refractivity contribution in [2.45, 2.75) is 19.8 Å². The van der Waals surface area contributed by atoms with Crippen LogP contribution in [0.25, 0.3) is 0 Å². The van der Waals surface area contributed by atoms with Gasteiger partial charge in [-0.05, 0) is 79.2 Å². The fourth-order valence-electron chi connectivity index (χ4n) is 5.08. The number of rotatable bonds is 15. The number of nitrogens with one attached hydrogen (secondary N) is 4. The third-order valence-electron chi connectivity index (χ3n) is 7.81. The molecule has 0 spiro atoms. The Morgan fingerprint density at radius 1 is 0.725 bits per heavy atom. The third kappa shape index (κ3) is 11.9. The minimum absolute atomic E-state index is 0.00984. The highest BCUT2D eigenvalue weighted by atomic mass is 16.5. The van der Waals surface area contributed by atoms with E-state index in [1.807, 2.05) is 60.7 Å². The van der Waals surface area contributed by atoms with Gasteiger partial charge in [-0.25, -0.2) is 0 Å². The first kappa shape index (κ1) is 36.4. The van der Waals surface area contributed by atoms with Crippen LogP contribution in [0.5, 0.6) is 5.75 Å². The van der Waals surface area contributed by atoms with Crippen LogP contribution < -0.4 is 21.3 Å². The number of phenols is 1. The highest BCUT2D eigenvalue weighted by molar-refractivity contribution is 6.14. The summed E-state index contributed by atoms with van der Waals surface area (Å²) in [7, 11) is 0. The van der Waals surface area contributed by atoms with Gasteiger partial charge in [-0.2, -0.15) is 9.98 Å². The number of guanidine groups is 1. The second-order valence-electron chi connectivity index (χ2n) is 11.6. The minimum Gasteiger partial charge on any atom is -0.508 e. The molecule has 51 heavy (non-hydrogen) atoms. The zero-order chi connectivity index (χ0) is 35.7. The molecule has 12 nitrogen and oxygen atoms in total. The smallest absolute Gasteiger partial charge is 0.255 e. The maximum absolute atomic E-state index is 12.8. The van der Waals surface area contributed by atoms with Gasteiger partial charge >= 0.3 is 0 Å². The second kappa shape index (κ2) is 19.4. The summed E-state index contributed by atoms with van der Waals surface area (Å²) in [4.78, 5) is 39.2. The predicted octanol–water partition coefficient (Wildman–Crippen LogP) is 6.21. The zero-order valence-corrected chi connectivity index (χ0v) is 28.5. The van der Waals surface area contributed by atoms with Crippen molar-refractivity contribution in [3.63, 3.8) is 0 Å². The molecular formula is C39H43N7O5. The van der Waals surface area contributed by atoms with Crippen molar-refractivity contribution in [1.29, 1.82) is 0 Å². The minimum atomic E-state index is -0.194. The summed E-state index contributed by atoms with van der Waals surface area (Å²) < 4.78 is 11.3. The van der Waals surface area contributed by atoms with Crippen molar-refractivity contribution >= 4 is 46.5 Å². The van der Waals surface area contributed by atoms with E-state index in [0.717, 1.165) is 17.8 Å². The quantitative estimate of drug-likeness (QED) is 0.0733. The molecule has 5 N–H and O–H groups in total. The number of nitrogens with zero attached hydrogens (tertiary/aromatic N) is 3. The molecule has 1 aliphatic heterocycles. The number of carbonyl (C=O) groups excluding carboxylic acids is 2. The number of para-hydroxylation sites is 1. The zero-order valence-electron chi connectivity index (χ0n) is 28.5. The lowest BCUT2D eigenvalue weighted by atomic mass is 10.00. The van der Waals surface area contributed by atoms with E-state index in [0.29, 0.717) is 80.4 Å². The van der Waals surface area contributed by atoms with Crippen LogP contribution in [0.15, 0.2) is 124 Å². The first-order valence-corrected chi connectivity index (χ1v) is 17.0. The van der Waals surface area contributed by atoms with Crippen LogP contribution in [0.1, 0.15) is 40.5 Å². The van der Waals surface area contributed by atoms with E-state index < -0.39 is 0 Å². The first-order chi connectivity index (χ1) is 25.0. The third-order valence-corrected chi connectivity index (χ3v) is 7.81. The number of hydrogen-bond acceptors (Lipinski definition) is 9. The molecule has 0 aromatic heterocycles. The highest BCUT2D eigenvalue weighted by Crippen LogP contribution is 2.21. The van der Waals surface area contributed by atoms with Crippen LogP contribution in [0, 0.1) is 5.92 Å². The average Bonchev–Trinajstić information content (AvgIpc) is 3.32. The molecule has 1 aliphatic rings. The SMILES string of the molecule is CCC1CC(=NCCOCCOCCNC(=O)c2ccccc2)N=C(Nc2ccc(O)cc2)N=C1Nc1ccc(C(=O)Nc2ccccc2)cc1. The molecule has 1 unspecified atom stereocenters. The Hall–Kier alpha value is -5.85. The van der Waals surface area contributed by atoms with Gasteiger partial charge < -0.3 is 35.8 Å². The maximum atomic E-state index is 12.8. The van der Waals surface area contributed by atoms with Crippen LogP contribution in [-0.2, 0) is 9.47 Å². The molecule has 4 aromatic rings. The summed E-state index contributed by atoms with van der Waals surface area (Å²) >= 11 is 0. The first-order valence-electron chi connectivity index (χ1n) is 17.0. The van der Waals surface area contributed by atoms with Crippen molar-refractivity contribution in [2.24, 2.45) is 20.9 Å². The summed E-state index contributed by atoms with van der Waals surface area (Å²) in [6.07, 6.45) is 1.34. The molecule has 264 valence electrons. The molecule has 0 aliphatic carbocycles. The standard InChI is InChI=1S/C39H43N7O5/c1-2-28-27-35(40-21-23-50-25-26-51-24-22-41-37(48)29-9-5-3-6-10-29)45-39(44-33-17-19-34(47)20-18-33)46-36(28)42-32-15-13-30(14-16-32)38(49)43-31-11-7-4-8-12-31/h3-20,28,47H,2,21-27H2,1H3,(H,41,48)(H,43,49)(H2,40,42,44,45,46). The Bertz CT molecular complexity index is 1800. The number of amides is 2. The molecule has 0 bridgehead atoms. The van der Waals surface area contributed by atoms with Crippen molar-refractivity contribution in [3.05, 3.63) is 120 Å². The van der Waals surface area contributed by atoms with Gasteiger partial charge in [0.15, 0.2) is 0 Å². The highest BCUT2D eigenvalue weighted by Gasteiger charge is 2.22. The lowest BCUT2D eigenvalue weighted by Crippen LogP contribution is -2.27. The molecule has 1 heterocycles. The van der Waals surface area contributed by atoms with Gasteiger partial charge in [-0.1, -0.05) is 43.3 Å². The van der Waals surface area contributed by atoms with Gasteiger partial charge in [-0.15, -0.1) is 0 Å². The fourth-order valence-corrected chi connectivity index (χ4v) is 5.08. The van der Waals surface area contributed by atoms with Gasteiger partial charge in [0.2, 0.25) is 5.96 Å². The largest absolute Gasteiger partial charge is 0.508 e. The Balaban J connectivity index is 1.14. The van der Waals surface area contributed by atoms with Crippen LogP contribution in [0.2, 0.25) is 0 Å². The molecule has 0 saturated heterocycles. The number of aliphatic imine (C=N–C) groups is 3. The Labute approximate surface area is 297 Å². The van der Waals surface area contributed by atoms with Crippen molar-refractivity contribution in [3.8, 4) is 5.75 Å². The normalized spacial score (nSPS) is 14.9. The van der Waals surface area contributed by atoms with Crippen molar-refractivity contribution in [1.82, 2.24) is 5.32 Å². The van der Waals surface area contributed by atoms with E-state index in [-0.39, 0.29) is 23.5 Å². The number of ether oxygens (including phenoxy) is 2. The molecule has 5 rings (SSSR count). The van der Waals surface area contributed by atoms with Gasteiger partial charge in [0.1, 0.15) is 17.4 Å². The van der Waals surface area contributed by atoms with Crippen LogP contribution in [-0.4, -0.2) is 74.1 Å². The number of amidine groups is 2. The van der Waals surface area contributed by atoms with Crippen molar-refractivity contribution in [2.75, 3.05) is 55.5 Å². The summed E-state index contributed by atoms with van der Waals surface area (Å²) in [5.74, 6) is 1.52. The fraction of sp³-hybridized carbons (Fsp3) is 0.256. The predicted molar refractivity (Wildman–Crippen MR) is 202 cm³/mol. The van der Waals surface area contributed by atoms with E-state index >= 15 is 0 Å². The van der Waals surface area contributed by atoms with Gasteiger partial charge in [-0.3, -0.25) is 14.6 Å². The molecule has 4 aromatic carbocycles. The maximum Gasteiger partial charge on any atom is 0.255 e. The monoisotopic (exact) mass is 689 g/mol. The van der Waals surface area contributed by atoms with E-state index in [1.165, 1.54) is 0 Å². The second-order valence-corrected chi connectivity index (χ2v) is 11.6. The summed E-state index contributed by atoms with van der Waals surface area (Å²) in [5, 5.41) is 22.2. The lowest BCUT2D eigenvalue weighted by Gasteiger charge is -2.18. The molecule has 12 heteroatoms. The number of anilines is 3. The van der Waals surface area contributed by atoms with E-state index in [9.17, 15) is 14.7 Å². The van der Waals surface area contributed by atoms with Crippen LogP contribution in [0.3, 0.4) is 0 Å². The summed E-state index contributed by atoms with van der Waals surface area (Å²) in [5.41, 5.74) is 3.37. The molecule has 0 radical (unpaired) electrons. The lowest BCUT2D eigenvalue weighted by molar-refractivity contribution is 0.0512. The van der Waals surface area contributed by atoms with Gasteiger partial charge in [0.05, 0.1) is 33.0 Å². The molecular weight excluding hydrogens is 646 g/mol. The molecule has 1 atom stereocenters. The Morgan fingerprint density at radius 2 is 1.35 bits per heavy atom. The average molecular weight is 690 g/mol. The number of benzene rings is 4. The van der Waals surface area contributed by atoms with Crippen LogP contribution >= 0.6 is 0 Å². The number of phenolic OH excluding ortho intramolecular Hbond substituents is 1. The molecule has 2 amide bonds. The Kier molecular flexibility index (Phi) is 13.8. The van der Waals surface area contributed by atoms with Crippen molar-refractivity contribution < 1.29 is 24.2 Å². The van der Waals surface area contributed by atoms with Crippen LogP contribution in [0.4, 0.5) is 17.1 Å². The molecule has 0 fully saturated rings. The Morgan fingerprint density at radius 3 is 2.06 bits per heavy atom. The summed E-state index contributed by atoms with van der Waals surface area (Å²) in [6, 6.07) is 32.3. The topological polar surface area (TPSA) is 158 Å². The van der Waals surface area contributed by atoms with Gasteiger partial charge in [0, 0.05) is 47.1 Å². The van der Waals surface area contributed by atoms with Gasteiger partial charge in [0.25, 0.3) is 11.8 Å². The summed E-state index contributed by atoms with van der Waals surface area (Å²) in [6.45, 7) is 4.48. The number of hydrogen-bond donors (Lipinski definition) is 5. The number of carbonyl (C=O) groups is 2. The van der Waals surface area contributed by atoms with E-state index in [1.54, 1.807) is 48.5 Å². The van der Waals surface area contributed by atoms with E-state index in [4.69, 9.17) is 24.5 Å².